The molecule has 1 aliphatic carbocycles. The smallest absolute Gasteiger partial charge is 0.0991 e. The Hall–Kier alpha value is -1.80. The minimum absolute atomic E-state index is 0.131. The summed E-state index contributed by atoms with van der Waals surface area (Å²) in [5.41, 5.74) is 3.13. The Morgan fingerprint density at radius 1 is 0.933 bits per heavy atom. The summed E-state index contributed by atoms with van der Waals surface area (Å²) in [6, 6.07) is 18.5. The second-order valence-corrected chi connectivity index (χ2v) is 9.03. The van der Waals surface area contributed by atoms with E-state index in [9.17, 15) is 0 Å². The number of allylic oxidation sites excluding steroid dienone is 2. The molecule has 30 heavy (non-hydrogen) atoms. The maximum absolute atomic E-state index is 9.02. The Bertz CT molecular complexity index is 990. The van der Waals surface area contributed by atoms with Gasteiger partial charge in [-0.05, 0) is 47.9 Å². The first-order chi connectivity index (χ1) is 14.5. The van der Waals surface area contributed by atoms with E-state index < -0.39 is 0 Å². The summed E-state index contributed by atoms with van der Waals surface area (Å²) in [7, 11) is 0. The van der Waals surface area contributed by atoms with E-state index in [0.29, 0.717) is 10.6 Å². The fourth-order valence-electron chi connectivity index (χ4n) is 4.21. The normalized spacial score (nSPS) is 22.9. The van der Waals surface area contributed by atoms with Crippen molar-refractivity contribution in [2.45, 2.75) is 25.0 Å². The van der Waals surface area contributed by atoms with Gasteiger partial charge in [0.05, 0.1) is 11.6 Å². The third-order valence-electron chi connectivity index (χ3n) is 5.78. The highest BCUT2D eigenvalue weighted by atomic mass is 35.5. The van der Waals surface area contributed by atoms with Crippen LogP contribution in [-0.4, -0.2) is 35.5 Å². The van der Waals surface area contributed by atoms with Crippen LogP contribution in [0.4, 0.5) is 0 Å². The first-order valence-electron chi connectivity index (χ1n) is 9.99. The lowest BCUT2D eigenvalue weighted by molar-refractivity contribution is 0.0489. The Labute approximate surface area is 192 Å². The van der Waals surface area contributed by atoms with Crippen LogP contribution < -0.4 is 0 Å². The summed E-state index contributed by atoms with van der Waals surface area (Å²) >= 11 is 18.9. The van der Waals surface area contributed by atoms with E-state index in [-0.39, 0.29) is 12.1 Å². The van der Waals surface area contributed by atoms with Gasteiger partial charge in [-0.1, -0.05) is 65.1 Å². The monoisotopic (exact) mass is 457 g/mol. The van der Waals surface area contributed by atoms with Crippen LogP contribution in [0.3, 0.4) is 0 Å². The molecule has 0 bridgehead atoms. The predicted molar refractivity (Wildman–Crippen MR) is 124 cm³/mol. The molecule has 4 rings (SSSR count). The Balaban J connectivity index is 1.56. The van der Waals surface area contributed by atoms with Crippen molar-refractivity contribution in [2.24, 2.45) is 0 Å². The van der Waals surface area contributed by atoms with E-state index in [1.165, 1.54) is 11.1 Å². The number of hydrogen-bond acceptors (Lipinski definition) is 3. The van der Waals surface area contributed by atoms with E-state index in [1.54, 1.807) is 0 Å². The van der Waals surface area contributed by atoms with Crippen LogP contribution in [0.25, 0.3) is 0 Å². The molecule has 0 N–H and O–H groups in total. The number of benzene rings is 2. The second-order valence-electron chi connectivity index (χ2n) is 7.72. The summed E-state index contributed by atoms with van der Waals surface area (Å²) in [4.78, 5) is 4.94. The fourth-order valence-corrected chi connectivity index (χ4v) is 4.93. The standard InChI is InChI=1S/C24H22Cl3N3/c25-20-7-5-19(6-8-20)24-16-29(15-18-3-1-17(14-28)2-4-18)11-12-30(24)23-10-9-21(26)13-22(23)27/h1-9,13,23-24H,10-12,15-16H2/t23?,24-/m0/s1. The first kappa shape index (κ1) is 21.4. The van der Waals surface area contributed by atoms with Gasteiger partial charge in [-0.3, -0.25) is 9.80 Å². The Kier molecular flexibility index (Phi) is 6.83. The van der Waals surface area contributed by atoms with Gasteiger partial charge >= 0.3 is 0 Å². The molecule has 0 saturated carbocycles. The highest BCUT2D eigenvalue weighted by Crippen LogP contribution is 2.35. The van der Waals surface area contributed by atoms with Gasteiger partial charge in [-0.2, -0.15) is 5.26 Å². The lowest BCUT2D eigenvalue weighted by Gasteiger charge is -2.46. The number of piperazine rings is 1. The molecule has 1 heterocycles. The van der Waals surface area contributed by atoms with E-state index in [2.05, 4.69) is 28.0 Å². The van der Waals surface area contributed by atoms with Crippen LogP contribution in [-0.2, 0) is 6.54 Å². The van der Waals surface area contributed by atoms with Crippen molar-refractivity contribution < 1.29 is 0 Å². The number of rotatable bonds is 4. The molecule has 1 unspecified atom stereocenters. The molecule has 0 aromatic heterocycles. The average Bonchev–Trinajstić information content (AvgIpc) is 2.75. The minimum atomic E-state index is 0.131. The summed E-state index contributed by atoms with van der Waals surface area (Å²) in [6.07, 6.45) is 4.72. The second kappa shape index (κ2) is 9.56. The molecule has 1 fully saturated rings. The van der Waals surface area contributed by atoms with E-state index >= 15 is 0 Å². The topological polar surface area (TPSA) is 30.3 Å². The highest BCUT2D eigenvalue weighted by molar-refractivity contribution is 6.35. The molecule has 6 heteroatoms. The molecule has 2 atom stereocenters. The van der Waals surface area contributed by atoms with Crippen LogP contribution in [0, 0.1) is 11.3 Å². The summed E-state index contributed by atoms with van der Waals surface area (Å²) in [5.74, 6) is 0. The average molecular weight is 459 g/mol. The van der Waals surface area contributed by atoms with Gasteiger partial charge in [0.15, 0.2) is 0 Å². The number of nitriles is 1. The molecule has 2 aromatic carbocycles. The van der Waals surface area contributed by atoms with Crippen molar-refractivity contribution in [3.05, 3.63) is 92.5 Å². The molecule has 0 radical (unpaired) electrons. The van der Waals surface area contributed by atoms with E-state index in [4.69, 9.17) is 40.1 Å². The van der Waals surface area contributed by atoms with Gasteiger partial charge in [0, 0.05) is 53.3 Å². The molecule has 1 aliphatic heterocycles. The van der Waals surface area contributed by atoms with Gasteiger partial charge in [0.25, 0.3) is 0 Å². The van der Waals surface area contributed by atoms with Crippen molar-refractivity contribution in [2.75, 3.05) is 19.6 Å². The number of hydrogen-bond donors (Lipinski definition) is 0. The van der Waals surface area contributed by atoms with E-state index in [0.717, 1.165) is 42.7 Å². The van der Waals surface area contributed by atoms with Gasteiger partial charge in [0.1, 0.15) is 0 Å². The molecule has 2 aromatic rings. The Morgan fingerprint density at radius 3 is 2.33 bits per heavy atom. The van der Waals surface area contributed by atoms with Crippen LogP contribution in [0.15, 0.2) is 70.7 Å². The van der Waals surface area contributed by atoms with Gasteiger partial charge < -0.3 is 0 Å². The SMILES string of the molecule is N#Cc1ccc(CN2CCN(C3CC=C(Cl)C=C3Cl)[C@H](c3ccc(Cl)cc3)C2)cc1. The molecular weight excluding hydrogens is 437 g/mol. The van der Waals surface area contributed by atoms with Gasteiger partial charge in [0.2, 0.25) is 0 Å². The van der Waals surface area contributed by atoms with E-state index in [1.807, 2.05) is 48.6 Å². The zero-order valence-corrected chi connectivity index (χ0v) is 18.7. The quantitative estimate of drug-likeness (QED) is 0.555. The van der Waals surface area contributed by atoms with Gasteiger partial charge in [-0.25, -0.2) is 0 Å². The van der Waals surface area contributed by atoms with Gasteiger partial charge in [-0.15, -0.1) is 0 Å². The molecular formula is C24H22Cl3N3. The molecule has 0 spiro atoms. The zero-order valence-electron chi connectivity index (χ0n) is 16.4. The van der Waals surface area contributed by atoms with Crippen LogP contribution >= 0.6 is 34.8 Å². The maximum atomic E-state index is 9.02. The molecule has 1 saturated heterocycles. The molecule has 3 nitrogen and oxygen atoms in total. The predicted octanol–water partition coefficient (Wildman–Crippen LogP) is 6.09. The molecule has 154 valence electrons. The number of halogens is 3. The summed E-state index contributed by atoms with van der Waals surface area (Å²) in [6.45, 7) is 3.59. The third kappa shape index (κ3) is 4.91. The zero-order chi connectivity index (χ0) is 21.1. The van der Waals surface area contributed by atoms with Crippen LogP contribution in [0.5, 0.6) is 0 Å². The van der Waals surface area contributed by atoms with Crippen molar-refractivity contribution in [1.82, 2.24) is 9.80 Å². The summed E-state index contributed by atoms with van der Waals surface area (Å²) < 4.78 is 0. The number of nitrogens with zero attached hydrogens (tertiary/aromatic N) is 3. The van der Waals surface area contributed by atoms with Crippen LogP contribution in [0.1, 0.15) is 29.2 Å². The fraction of sp³-hybridized carbons (Fsp3) is 0.292. The van der Waals surface area contributed by atoms with Crippen molar-refractivity contribution in [3.8, 4) is 6.07 Å². The molecule has 0 amide bonds. The third-order valence-corrected chi connectivity index (χ3v) is 6.66. The molecule has 2 aliphatic rings. The Morgan fingerprint density at radius 2 is 1.67 bits per heavy atom. The van der Waals surface area contributed by atoms with Crippen molar-refractivity contribution in [3.63, 3.8) is 0 Å². The lowest BCUT2D eigenvalue weighted by atomic mass is 9.96. The highest BCUT2D eigenvalue weighted by Gasteiger charge is 2.34. The van der Waals surface area contributed by atoms with Crippen molar-refractivity contribution in [1.29, 1.82) is 5.26 Å². The summed E-state index contributed by atoms with van der Waals surface area (Å²) in [5, 5.41) is 11.3. The first-order valence-corrected chi connectivity index (χ1v) is 11.1. The largest absolute Gasteiger partial charge is 0.296 e. The minimum Gasteiger partial charge on any atom is -0.296 e. The maximum Gasteiger partial charge on any atom is 0.0991 e. The van der Waals surface area contributed by atoms with Crippen molar-refractivity contribution >= 4 is 34.8 Å². The van der Waals surface area contributed by atoms with Crippen LogP contribution in [0.2, 0.25) is 5.02 Å². The lowest BCUT2D eigenvalue weighted by Crippen LogP contribution is -2.52.